The maximum atomic E-state index is 12.6. The average molecular weight is 301 g/mol. The number of hydrogen-bond acceptors (Lipinski definition) is 2. The molecule has 1 aliphatic rings. The van der Waals surface area contributed by atoms with Crippen LogP contribution in [0.3, 0.4) is 0 Å². The summed E-state index contributed by atoms with van der Waals surface area (Å²) in [7, 11) is 0. The molecule has 0 bridgehead atoms. The zero-order valence-corrected chi connectivity index (χ0v) is 13.8. The molecule has 0 aliphatic carbocycles. The highest BCUT2D eigenvalue weighted by atomic mass is 16.5. The summed E-state index contributed by atoms with van der Waals surface area (Å²) in [5.41, 5.74) is 2.25. The van der Waals surface area contributed by atoms with Crippen molar-refractivity contribution in [1.82, 2.24) is 4.90 Å². The molecule has 1 aromatic rings. The second-order valence-corrected chi connectivity index (χ2v) is 5.84. The Morgan fingerprint density at radius 3 is 2.77 bits per heavy atom. The van der Waals surface area contributed by atoms with Gasteiger partial charge in [0.1, 0.15) is 0 Å². The topological polar surface area (TPSA) is 29.5 Å². The van der Waals surface area contributed by atoms with Crippen LogP contribution in [0.5, 0.6) is 0 Å². The monoisotopic (exact) mass is 301 g/mol. The molecule has 0 radical (unpaired) electrons. The van der Waals surface area contributed by atoms with Crippen LogP contribution in [0.25, 0.3) is 5.57 Å². The molecule has 1 unspecified atom stereocenters. The van der Waals surface area contributed by atoms with Crippen molar-refractivity contribution in [3.8, 4) is 0 Å². The molecule has 0 spiro atoms. The van der Waals surface area contributed by atoms with Crippen molar-refractivity contribution in [2.24, 2.45) is 5.92 Å². The van der Waals surface area contributed by atoms with E-state index in [-0.39, 0.29) is 5.91 Å². The number of hydrogen-bond donors (Lipinski definition) is 0. The van der Waals surface area contributed by atoms with Crippen LogP contribution in [0.2, 0.25) is 0 Å². The Labute approximate surface area is 134 Å². The lowest BCUT2D eigenvalue weighted by molar-refractivity contribution is -0.128. The molecule has 1 atom stereocenters. The summed E-state index contributed by atoms with van der Waals surface area (Å²) in [4.78, 5) is 14.5. The Kier molecular flexibility index (Phi) is 6.66. The molecular weight excluding hydrogens is 274 g/mol. The second-order valence-electron chi connectivity index (χ2n) is 5.84. The first-order chi connectivity index (χ1) is 10.7. The van der Waals surface area contributed by atoms with Gasteiger partial charge in [0, 0.05) is 25.8 Å². The summed E-state index contributed by atoms with van der Waals surface area (Å²) < 4.78 is 5.52. The fraction of sp³-hybridized carbons (Fsp3) is 0.526. The highest BCUT2D eigenvalue weighted by molar-refractivity contribution is 5.95. The first-order valence-electron chi connectivity index (χ1n) is 8.37. The van der Waals surface area contributed by atoms with E-state index in [2.05, 4.69) is 19.1 Å². The van der Waals surface area contributed by atoms with Gasteiger partial charge in [0.15, 0.2) is 0 Å². The van der Waals surface area contributed by atoms with Gasteiger partial charge in [-0.15, -0.1) is 0 Å². The molecule has 3 nitrogen and oxygen atoms in total. The van der Waals surface area contributed by atoms with E-state index in [4.69, 9.17) is 4.74 Å². The summed E-state index contributed by atoms with van der Waals surface area (Å²) in [6.45, 7) is 7.31. The van der Waals surface area contributed by atoms with Gasteiger partial charge >= 0.3 is 0 Å². The van der Waals surface area contributed by atoms with Crippen LogP contribution in [-0.4, -0.2) is 37.1 Å². The van der Waals surface area contributed by atoms with Crippen molar-refractivity contribution in [3.63, 3.8) is 0 Å². The van der Waals surface area contributed by atoms with Crippen LogP contribution in [0.15, 0.2) is 36.4 Å². The summed E-state index contributed by atoms with van der Waals surface area (Å²) in [5, 5.41) is 0. The van der Waals surface area contributed by atoms with Gasteiger partial charge in [-0.25, -0.2) is 0 Å². The standard InChI is InChI=1S/C19H27NO2/c1-3-17(18-10-6-5-7-11-18)13-19(21)20-12-8-9-16(14-20)15-22-4-2/h5-7,10-11,13,16H,3-4,8-9,12,14-15H2,1-2H3/b17-13+. The molecule has 1 aliphatic heterocycles. The van der Waals surface area contributed by atoms with Crippen LogP contribution in [0, 0.1) is 5.92 Å². The van der Waals surface area contributed by atoms with E-state index in [1.807, 2.05) is 36.1 Å². The van der Waals surface area contributed by atoms with E-state index in [1.165, 1.54) is 0 Å². The maximum absolute atomic E-state index is 12.6. The van der Waals surface area contributed by atoms with Crippen LogP contribution in [0.4, 0.5) is 0 Å². The van der Waals surface area contributed by atoms with Crippen LogP contribution >= 0.6 is 0 Å². The van der Waals surface area contributed by atoms with Gasteiger partial charge < -0.3 is 9.64 Å². The van der Waals surface area contributed by atoms with E-state index in [9.17, 15) is 4.79 Å². The minimum atomic E-state index is 0.141. The van der Waals surface area contributed by atoms with E-state index >= 15 is 0 Å². The lowest BCUT2D eigenvalue weighted by Crippen LogP contribution is -2.40. The smallest absolute Gasteiger partial charge is 0.246 e. The predicted octanol–water partition coefficient (Wildman–Crippen LogP) is 3.76. The SMILES string of the molecule is CCOCC1CCCN(C(=O)/C=C(\CC)c2ccccc2)C1. The molecule has 0 N–H and O–H groups in total. The number of carbonyl (C=O) groups excluding carboxylic acids is 1. The number of carbonyl (C=O) groups is 1. The second kappa shape index (κ2) is 8.74. The van der Waals surface area contributed by atoms with Gasteiger partial charge in [0.25, 0.3) is 0 Å². The number of ether oxygens (including phenoxy) is 1. The summed E-state index contributed by atoms with van der Waals surface area (Å²) in [6, 6.07) is 10.2. The Bertz CT molecular complexity index is 495. The number of rotatable bonds is 6. The minimum absolute atomic E-state index is 0.141. The normalized spacial score (nSPS) is 19.3. The molecule has 1 amide bonds. The van der Waals surface area contributed by atoms with E-state index < -0.39 is 0 Å². The van der Waals surface area contributed by atoms with Gasteiger partial charge in [-0.3, -0.25) is 4.79 Å². The van der Waals surface area contributed by atoms with Crippen LogP contribution in [-0.2, 0) is 9.53 Å². The highest BCUT2D eigenvalue weighted by Gasteiger charge is 2.22. The third-order valence-corrected chi connectivity index (χ3v) is 4.21. The molecular formula is C19H27NO2. The Morgan fingerprint density at radius 1 is 1.32 bits per heavy atom. The Balaban J connectivity index is 2.02. The molecule has 1 aromatic carbocycles. The van der Waals surface area contributed by atoms with Crippen LogP contribution in [0.1, 0.15) is 38.7 Å². The number of allylic oxidation sites excluding steroid dienone is 1. The molecule has 120 valence electrons. The van der Waals surface area contributed by atoms with E-state index in [1.54, 1.807) is 0 Å². The van der Waals surface area contributed by atoms with Crippen molar-refractivity contribution in [3.05, 3.63) is 42.0 Å². The molecule has 1 heterocycles. The lowest BCUT2D eigenvalue weighted by Gasteiger charge is -2.32. The highest BCUT2D eigenvalue weighted by Crippen LogP contribution is 2.21. The van der Waals surface area contributed by atoms with E-state index in [0.717, 1.165) is 56.7 Å². The largest absolute Gasteiger partial charge is 0.381 e. The number of piperidine rings is 1. The number of amides is 1. The average Bonchev–Trinajstić information content (AvgIpc) is 2.58. The van der Waals surface area contributed by atoms with Gasteiger partial charge in [0.2, 0.25) is 5.91 Å². The zero-order valence-electron chi connectivity index (χ0n) is 13.8. The first-order valence-corrected chi connectivity index (χ1v) is 8.37. The Morgan fingerprint density at radius 2 is 2.09 bits per heavy atom. The number of likely N-dealkylation sites (tertiary alicyclic amines) is 1. The molecule has 1 saturated heterocycles. The fourth-order valence-electron chi connectivity index (χ4n) is 2.97. The lowest BCUT2D eigenvalue weighted by atomic mass is 9.98. The van der Waals surface area contributed by atoms with Crippen molar-refractivity contribution >= 4 is 11.5 Å². The summed E-state index contributed by atoms with van der Waals surface area (Å²) >= 11 is 0. The van der Waals surface area contributed by atoms with Crippen LogP contribution < -0.4 is 0 Å². The quantitative estimate of drug-likeness (QED) is 0.749. The molecule has 2 rings (SSSR count). The third-order valence-electron chi connectivity index (χ3n) is 4.21. The predicted molar refractivity (Wildman–Crippen MR) is 90.5 cm³/mol. The zero-order chi connectivity index (χ0) is 15.8. The third kappa shape index (κ3) is 4.70. The molecule has 22 heavy (non-hydrogen) atoms. The molecule has 0 aromatic heterocycles. The summed E-state index contributed by atoms with van der Waals surface area (Å²) in [5.74, 6) is 0.620. The Hall–Kier alpha value is -1.61. The van der Waals surface area contributed by atoms with Crippen molar-refractivity contribution in [2.75, 3.05) is 26.3 Å². The molecule has 0 saturated carbocycles. The maximum Gasteiger partial charge on any atom is 0.246 e. The van der Waals surface area contributed by atoms with Crippen molar-refractivity contribution in [2.45, 2.75) is 33.1 Å². The van der Waals surface area contributed by atoms with Gasteiger partial charge in [0.05, 0.1) is 6.61 Å². The summed E-state index contributed by atoms with van der Waals surface area (Å²) in [6.07, 6.45) is 4.92. The first kappa shape index (κ1) is 16.8. The van der Waals surface area contributed by atoms with E-state index in [0.29, 0.717) is 5.92 Å². The number of benzene rings is 1. The van der Waals surface area contributed by atoms with Crippen molar-refractivity contribution in [1.29, 1.82) is 0 Å². The van der Waals surface area contributed by atoms with Gasteiger partial charge in [-0.2, -0.15) is 0 Å². The van der Waals surface area contributed by atoms with Crippen molar-refractivity contribution < 1.29 is 9.53 Å². The van der Waals surface area contributed by atoms with Gasteiger partial charge in [-0.1, -0.05) is 37.3 Å². The minimum Gasteiger partial charge on any atom is -0.381 e. The number of nitrogens with zero attached hydrogens (tertiary/aromatic N) is 1. The molecule has 3 heteroatoms. The molecule has 1 fully saturated rings. The fourth-order valence-corrected chi connectivity index (χ4v) is 2.97. The van der Waals surface area contributed by atoms with Gasteiger partial charge in [-0.05, 0) is 43.2 Å².